The van der Waals surface area contributed by atoms with Gasteiger partial charge in [0.15, 0.2) is 0 Å². The number of benzene rings is 1. The van der Waals surface area contributed by atoms with Crippen LogP contribution in [0.15, 0.2) is 29.6 Å². The number of aromatic nitrogens is 2. The van der Waals surface area contributed by atoms with Crippen LogP contribution >= 0.6 is 12.2 Å². The average Bonchev–Trinajstić information content (AvgIpc) is 3.33. The van der Waals surface area contributed by atoms with Crippen LogP contribution in [-0.2, 0) is 45.9 Å². The fraction of sp³-hybridized carbons (Fsp3) is 0.577. The van der Waals surface area contributed by atoms with Crippen LogP contribution in [-0.4, -0.2) is 109 Å². The second-order valence-electron chi connectivity index (χ2n) is 8.33. The minimum absolute atomic E-state index is 0. The van der Waals surface area contributed by atoms with Crippen LogP contribution in [0, 0.1) is 6.92 Å². The van der Waals surface area contributed by atoms with Gasteiger partial charge in [-0.1, -0.05) is 32.1 Å². The molecule has 0 saturated carbocycles. The van der Waals surface area contributed by atoms with Gasteiger partial charge in [0.05, 0.1) is 12.0 Å². The molecule has 1 aromatic carbocycles. The summed E-state index contributed by atoms with van der Waals surface area (Å²) in [6.45, 7) is 14.5. The van der Waals surface area contributed by atoms with E-state index in [2.05, 4.69) is 70.9 Å². The van der Waals surface area contributed by atoms with Gasteiger partial charge < -0.3 is 45.7 Å². The molecule has 2 aromatic rings. The van der Waals surface area contributed by atoms with Crippen molar-refractivity contribution in [1.29, 1.82) is 0 Å². The van der Waals surface area contributed by atoms with Crippen LogP contribution in [0.2, 0.25) is 0 Å². The molecular weight excluding hydrogens is 626 g/mol. The SMILES string of the molecule is CC(O)O.CC(O)O.CCN(CC)CCN(C)Cc1cc(C)cc(C=NCCc2c[nH]cn2)c1O.[N-]=C=S.[Ni+2].[Ni]. The first kappa shape index (κ1) is 45.4. The van der Waals surface area contributed by atoms with E-state index in [0.717, 1.165) is 61.5 Å². The minimum Gasteiger partial charge on any atom is -0.753 e. The van der Waals surface area contributed by atoms with E-state index in [1.165, 1.54) is 19.0 Å². The van der Waals surface area contributed by atoms with Crippen molar-refractivity contribution in [2.24, 2.45) is 4.99 Å². The molecule has 0 spiro atoms. The van der Waals surface area contributed by atoms with Crippen molar-refractivity contribution in [1.82, 2.24) is 19.8 Å². The van der Waals surface area contributed by atoms with E-state index in [0.29, 0.717) is 12.3 Å². The summed E-state index contributed by atoms with van der Waals surface area (Å²) in [7, 11) is 2.10. The molecule has 0 aliphatic carbocycles. The third kappa shape index (κ3) is 26.7. The molecule has 2 rings (SSSR count). The molecule has 0 atom stereocenters. The molecular formula is C26H45N6Ni2O5S+. The number of hydrogen-bond acceptors (Lipinski definition) is 10. The monoisotopic (exact) mass is 669 g/mol. The Morgan fingerprint density at radius 3 is 2.10 bits per heavy atom. The predicted molar refractivity (Wildman–Crippen MR) is 155 cm³/mol. The Morgan fingerprint density at radius 1 is 1.12 bits per heavy atom. The number of thiocarbonyl (C=S) groups is 1. The van der Waals surface area contributed by atoms with Gasteiger partial charge in [-0.05, 0) is 52.5 Å². The number of nitrogens with zero attached hydrogens (tertiary/aromatic N) is 5. The van der Waals surface area contributed by atoms with Gasteiger partial charge in [-0.2, -0.15) is 5.16 Å². The molecule has 40 heavy (non-hydrogen) atoms. The zero-order chi connectivity index (χ0) is 29.5. The second kappa shape index (κ2) is 29.0. The molecule has 6 N–H and O–H groups in total. The van der Waals surface area contributed by atoms with E-state index in [9.17, 15) is 5.11 Å². The Morgan fingerprint density at radius 2 is 1.65 bits per heavy atom. The van der Waals surface area contributed by atoms with E-state index in [-0.39, 0.29) is 33.0 Å². The minimum atomic E-state index is -1.17. The molecule has 0 amide bonds. The maximum Gasteiger partial charge on any atom is 2.00 e. The van der Waals surface area contributed by atoms with Gasteiger partial charge in [0, 0.05) is 72.6 Å². The fourth-order valence-corrected chi connectivity index (χ4v) is 3.09. The van der Waals surface area contributed by atoms with Crippen LogP contribution in [0.5, 0.6) is 5.75 Å². The van der Waals surface area contributed by atoms with Crippen molar-refractivity contribution in [3.63, 3.8) is 0 Å². The summed E-state index contributed by atoms with van der Waals surface area (Å²) in [6.07, 6.45) is 3.78. The molecule has 0 aliphatic rings. The maximum atomic E-state index is 10.7. The van der Waals surface area contributed by atoms with Crippen LogP contribution in [0.1, 0.15) is 50.1 Å². The van der Waals surface area contributed by atoms with Crippen LogP contribution in [0.25, 0.3) is 5.41 Å². The van der Waals surface area contributed by atoms with Gasteiger partial charge in [-0.3, -0.25) is 4.99 Å². The fourth-order valence-electron chi connectivity index (χ4n) is 3.09. The van der Waals surface area contributed by atoms with E-state index < -0.39 is 12.6 Å². The molecule has 1 heterocycles. The van der Waals surface area contributed by atoms with Crippen molar-refractivity contribution < 1.29 is 58.5 Å². The number of aromatic hydroxyl groups is 1. The molecule has 0 saturated heterocycles. The van der Waals surface area contributed by atoms with Gasteiger partial charge in [0.25, 0.3) is 0 Å². The second-order valence-corrected chi connectivity index (χ2v) is 8.51. The number of phenolic OH excluding ortho intramolecular Hbond substituents is 1. The molecule has 0 unspecified atom stereocenters. The standard InChI is InChI=1S/C21H33N5O.2C2H6O2.CNS.2Ni/c1-5-26(6-2)10-9-25(4)15-19-12-17(3)11-18(21(19)27)13-22-8-7-20-14-23-16-24-20;2*1-2(3)4;2-1-3;;/h11-14,16,27H,5-10,15H2,1-4H3,(H,23,24);2*2-4H,1H3;;;/q;;;-1;;+2. The number of aliphatic hydroxyl groups is 4. The molecule has 0 bridgehead atoms. The van der Waals surface area contributed by atoms with E-state index >= 15 is 0 Å². The summed E-state index contributed by atoms with van der Waals surface area (Å²) in [5.74, 6) is 0.332. The Balaban J connectivity index is -0.000000427. The molecule has 0 fully saturated rings. The molecule has 1 aromatic heterocycles. The van der Waals surface area contributed by atoms with E-state index in [4.69, 9.17) is 25.8 Å². The van der Waals surface area contributed by atoms with Gasteiger partial charge in [-0.15, -0.1) is 0 Å². The van der Waals surface area contributed by atoms with E-state index in [1.807, 2.05) is 12.3 Å². The molecule has 11 nitrogen and oxygen atoms in total. The zero-order valence-electron chi connectivity index (χ0n) is 24.0. The zero-order valence-corrected chi connectivity index (χ0v) is 26.8. The number of nitrogens with one attached hydrogen (secondary N) is 1. The number of hydrogen-bond donors (Lipinski definition) is 6. The third-order valence-corrected chi connectivity index (χ3v) is 4.78. The number of isothiocyanates is 1. The van der Waals surface area contributed by atoms with Gasteiger partial charge in [0.1, 0.15) is 18.3 Å². The van der Waals surface area contributed by atoms with Gasteiger partial charge in [0.2, 0.25) is 0 Å². The summed E-state index contributed by atoms with van der Waals surface area (Å²) < 4.78 is 0. The van der Waals surface area contributed by atoms with Crippen LogP contribution < -0.4 is 0 Å². The van der Waals surface area contributed by atoms with Crippen molar-refractivity contribution in [3.8, 4) is 5.75 Å². The number of phenols is 1. The largest absolute Gasteiger partial charge is 2.00 e. The molecule has 14 heteroatoms. The number of H-pyrrole nitrogens is 1. The van der Waals surface area contributed by atoms with Gasteiger partial charge >= 0.3 is 16.5 Å². The Bertz CT molecular complexity index is 900. The number of likely N-dealkylation sites (N-methyl/N-ethyl adjacent to an activating group) is 2. The van der Waals surface area contributed by atoms with Crippen LogP contribution in [0.4, 0.5) is 0 Å². The first-order chi connectivity index (χ1) is 17.9. The quantitative estimate of drug-likeness (QED) is 0.0907. The van der Waals surface area contributed by atoms with Crippen molar-refractivity contribution in [2.75, 3.05) is 39.8 Å². The predicted octanol–water partition coefficient (Wildman–Crippen LogP) is 2.15. The first-order valence-corrected chi connectivity index (χ1v) is 12.8. The van der Waals surface area contributed by atoms with Crippen molar-refractivity contribution >= 4 is 23.6 Å². The number of rotatable bonds is 11. The molecule has 0 radical (unpaired) electrons. The molecule has 234 valence electrons. The number of aromatic amines is 1. The number of imidazole rings is 1. The van der Waals surface area contributed by atoms with Gasteiger partial charge in [-0.25, -0.2) is 4.98 Å². The Labute approximate surface area is 264 Å². The summed E-state index contributed by atoms with van der Waals surface area (Å²) in [5.41, 5.74) is 3.86. The normalized spacial score (nSPS) is 10.1. The Kier molecular flexibility index (Phi) is 32.9. The van der Waals surface area contributed by atoms with E-state index in [1.54, 1.807) is 12.5 Å². The smallest absolute Gasteiger partial charge is 0.753 e. The third-order valence-electron chi connectivity index (χ3n) is 4.78. The topological polar surface area (TPSA) is 171 Å². The summed E-state index contributed by atoms with van der Waals surface area (Å²) >= 11 is 3.70. The summed E-state index contributed by atoms with van der Waals surface area (Å²) in [6, 6.07) is 4.04. The Hall–Kier alpha value is -1.55. The molecule has 0 aliphatic heterocycles. The van der Waals surface area contributed by atoms with Crippen molar-refractivity contribution in [3.05, 3.63) is 52.5 Å². The average molecular weight is 671 g/mol. The number of aryl methyl sites for hydroxylation is 1. The number of aliphatic hydroxyl groups excluding tert-OH is 2. The number of aliphatic imine (C=N–C) groups is 1. The first-order valence-electron chi connectivity index (χ1n) is 12.4. The van der Waals surface area contributed by atoms with Crippen molar-refractivity contribution in [2.45, 2.75) is 60.2 Å². The van der Waals surface area contributed by atoms with Crippen LogP contribution in [0.3, 0.4) is 0 Å². The maximum absolute atomic E-state index is 10.7. The summed E-state index contributed by atoms with van der Waals surface area (Å²) in [5, 5.41) is 49.6. The summed E-state index contributed by atoms with van der Waals surface area (Å²) in [4.78, 5) is 16.3.